The van der Waals surface area contributed by atoms with Crippen LogP contribution < -0.4 is 20.3 Å². The van der Waals surface area contributed by atoms with Crippen molar-refractivity contribution < 1.29 is 14.3 Å². The molecule has 0 unspecified atom stereocenters. The molecule has 2 N–H and O–H groups in total. The van der Waals surface area contributed by atoms with Crippen molar-refractivity contribution in [1.82, 2.24) is 0 Å². The molecule has 0 saturated heterocycles. The van der Waals surface area contributed by atoms with Gasteiger partial charge in [-0.15, -0.1) is 0 Å². The van der Waals surface area contributed by atoms with Gasteiger partial charge in [-0.2, -0.15) is 0 Å². The van der Waals surface area contributed by atoms with Crippen LogP contribution in [0.5, 0.6) is 5.75 Å². The SMILES string of the molecule is CC(C)CN(C(=O)CN)c1cccc(OCC(=O)N(C)c2ccccc2)c1. The van der Waals surface area contributed by atoms with Crippen LogP contribution in [0, 0.1) is 5.92 Å². The molecule has 0 aliphatic carbocycles. The molecule has 6 nitrogen and oxygen atoms in total. The van der Waals surface area contributed by atoms with Crippen LogP contribution in [0.15, 0.2) is 54.6 Å². The third-order valence-electron chi connectivity index (χ3n) is 4.03. The van der Waals surface area contributed by atoms with E-state index in [1.54, 1.807) is 35.0 Å². The Labute approximate surface area is 160 Å². The van der Waals surface area contributed by atoms with Crippen molar-refractivity contribution >= 4 is 23.2 Å². The Morgan fingerprint density at radius 2 is 1.67 bits per heavy atom. The number of ether oxygens (including phenoxy) is 1. The van der Waals surface area contributed by atoms with E-state index in [9.17, 15) is 9.59 Å². The van der Waals surface area contributed by atoms with Crippen molar-refractivity contribution in [3.63, 3.8) is 0 Å². The fourth-order valence-electron chi connectivity index (χ4n) is 2.61. The standard InChI is InChI=1S/C21H27N3O3/c1-16(2)14-24(20(25)13-22)18-10-7-11-19(12-18)27-15-21(26)23(3)17-8-5-4-6-9-17/h4-12,16H,13-15,22H2,1-3H3. The smallest absolute Gasteiger partial charge is 0.264 e. The van der Waals surface area contributed by atoms with Gasteiger partial charge in [0.05, 0.1) is 6.54 Å². The molecule has 144 valence electrons. The van der Waals surface area contributed by atoms with Gasteiger partial charge < -0.3 is 20.3 Å². The van der Waals surface area contributed by atoms with Crippen LogP contribution in [-0.4, -0.2) is 38.6 Å². The topological polar surface area (TPSA) is 75.9 Å². The lowest BCUT2D eigenvalue weighted by Crippen LogP contribution is -2.38. The van der Waals surface area contributed by atoms with Gasteiger partial charge in [0.2, 0.25) is 5.91 Å². The first-order valence-corrected chi connectivity index (χ1v) is 8.97. The summed E-state index contributed by atoms with van der Waals surface area (Å²) in [7, 11) is 1.71. The number of likely N-dealkylation sites (N-methyl/N-ethyl adjacent to an activating group) is 1. The molecule has 0 aromatic heterocycles. The summed E-state index contributed by atoms with van der Waals surface area (Å²) in [5.41, 5.74) is 7.05. The molecule has 2 aromatic carbocycles. The van der Waals surface area contributed by atoms with Gasteiger partial charge in [-0.25, -0.2) is 0 Å². The molecule has 2 rings (SSSR count). The number of benzene rings is 2. The van der Waals surface area contributed by atoms with Gasteiger partial charge in [0, 0.05) is 31.0 Å². The summed E-state index contributed by atoms with van der Waals surface area (Å²) in [6.45, 7) is 4.49. The molecule has 2 aromatic rings. The van der Waals surface area contributed by atoms with Gasteiger partial charge in [-0.05, 0) is 30.2 Å². The zero-order valence-electron chi connectivity index (χ0n) is 16.1. The number of carbonyl (C=O) groups is 2. The van der Waals surface area contributed by atoms with Crippen LogP contribution in [0.25, 0.3) is 0 Å². The molecule has 0 aliphatic rings. The number of hydrogen-bond donors (Lipinski definition) is 1. The molecular formula is C21H27N3O3. The predicted octanol–water partition coefficient (Wildman–Crippen LogP) is 2.68. The van der Waals surface area contributed by atoms with E-state index in [1.807, 2.05) is 50.2 Å². The van der Waals surface area contributed by atoms with Crippen molar-refractivity contribution in [2.75, 3.05) is 36.5 Å². The Hall–Kier alpha value is -2.86. The highest BCUT2D eigenvalue weighted by Crippen LogP contribution is 2.22. The third kappa shape index (κ3) is 5.82. The number of amides is 2. The highest BCUT2D eigenvalue weighted by atomic mass is 16.5. The Balaban J connectivity index is 2.06. The van der Waals surface area contributed by atoms with Crippen molar-refractivity contribution in [2.45, 2.75) is 13.8 Å². The molecular weight excluding hydrogens is 342 g/mol. The maximum Gasteiger partial charge on any atom is 0.264 e. The van der Waals surface area contributed by atoms with Crippen molar-refractivity contribution in [3.8, 4) is 5.75 Å². The van der Waals surface area contributed by atoms with Gasteiger partial charge in [0.25, 0.3) is 5.91 Å². The maximum atomic E-state index is 12.4. The molecule has 0 heterocycles. The summed E-state index contributed by atoms with van der Waals surface area (Å²) < 4.78 is 5.66. The fraction of sp³-hybridized carbons (Fsp3) is 0.333. The Morgan fingerprint density at radius 1 is 1.00 bits per heavy atom. The molecule has 0 bridgehead atoms. The lowest BCUT2D eigenvalue weighted by atomic mass is 10.2. The van der Waals surface area contributed by atoms with E-state index < -0.39 is 0 Å². The van der Waals surface area contributed by atoms with Crippen LogP contribution in [0.3, 0.4) is 0 Å². The van der Waals surface area contributed by atoms with E-state index in [-0.39, 0.29) is 25.0 Å². The zero-order valence-corrected chi connectivity index (χ0v) is 16.1. The van der Waals surface area contributed by atoms with Crippen molar-refractivity contribution in [3.05, 3.63) is 54.6 Å². The van der Waals surface area contributed by atoms with Gasteiger partial charge in [0.1, 0.15) is 5.75 Å². The van der Waals surface area contributed by atoms with Gasteiger partial charge >= 0.3 is 0 Å². The second kappa shape index (κ2) is 9.73. The lowest BCUT2D eigenvalue weighted by molar-refractivity contribution is -0.120. The number of nitrogens with zero attached hydrogens (tertiary/aromatic N) is 2. The molecule has 0 fully saturated rings. The average molecular weight is 369 g/mol. The highest BCUT2D eigenvalue weighted by Gasteiger charge is 2.17. The van der Waals surface area contributed by atoms with E-state index in [0.717, 1.165) is 5.69 Å². The molecule has 27 heavy (non-hydrogen) atoms. The van der Waals surface area contributed by atoms with Gasteiger partial charge in [-0.1, -0.05) is 38.1 Å². The van der Waals surface area contributed by atoms with Crippen LogP contribution in [0.2, 0.25) is 0 Å². The molecule has 0 saturated carbocycles. The monoisotopic (exact) mass is 369 g/mol. The minimum absolute atomic E-state index is 0.0574. The van der Waals surface area contributed by atoms with Crippen molar-refractivity contribution in [1.29, 1.82) is 0 Å². The van der Waals surface area contributed by atoms with Gasteiger partial charge in [-0.3, -0.25) is 9.59 Å². The van der Waals surface area contributed by atoms with E-state index >= 15 is 0 Å². The summed E-state index contributed by atoms with van der Waals surface area (Å²) in [6, 6.07) is 16.5. The fourth-order valence-corrected chi connectivity index (χ4v) is 2.61. The number of rotatable bonds is 8. The normalized spacial score (nSPS) is 10.6. The number of anilines is 2. The van der Waals surface area contributed by atoms with Crippen LogP contribution in [-0.2, 0) is 9.59 Å². The zero-order chi connectivity index (χ0) is 19.8. The first kappa shape index (κ1) is 20.5. The van der Waals surface area contributed by atoms with E-state index in [1.165, 1.54) is 0 Å². The van der Waals surface area contributed by atoms with E-state index in [4.69, 9.17) is 10.5 Å². The molecule has 0 atom stereocenters. The van der Waals surface area contributed by atoms with Crippen LogP contribution >= 0.6 is 0 Å². The Bertz CT molecular complexity index is 762. The second-order valence-electron chi connectivity index (χ2n) is 6.68. The number of nitrogens with two attached hydrogens (primary N) is 1. The van der Waals surface area contributed by atoms with E-state index in [0.29, 0.717) is 23.9 Å². The molecule has 0 spiro atoms. The number of carbonyl (C=O) groups excluding carboxylic acids is 2. The molecule has 6 heteroatoms. The molecule has 0 aliphatic heterocycles. The minimum atomic E-state index is -0.163. The summed E-state index contributed by atoms with van der Waals surface area (Å²) in [5.74, 6) is 0.511. The summed E-state index contributed by atoms with van der Waals surface area (Å²) in [5, 5.41) is 0. The van der Waals surface area contributed by atoms with Gasteiger partial charge in [0.15, 0.2) is 6.61 Å². The Kier molecular flexibility index (Phi) is 7.37. The third-order valence-corrected chi connectivity index (χ3v) is 4.03. The summed E-state index contributed by atoms with van der Waals surface area (Å²) in [4.78, 5) is 27.7. The maximum absolute atomic E-state index is 12.4. The molecule has 2 amide bonds. The predicted molar refractivity (Wildman–Crippen MR) is 108 cm³/mol. The Morgan fingerprint density at radius 3 is 2.30 bits per heavy atom. The minimum Gasteiger partial charge on any atom is -0.484 e. The first-order chi connectivity index (χ1) is 12.9. The van der Waals surface area contributed by atoms with E-state index in [2.05, 4.69) is 0 Å². The second-order valence-corrected chi connectivity index (χ2v) is 6.68. The quantitative estimate of drug-likeness (QED) is 0.776. The lowest BCUT2D eigenvalue weighted by Gasteiger charge is -2.24. The highest BCUT2D eigenvalue weighted by molar-refractivity contribution is 5.95. The first-order valence-electron chi connectivity index (χ1n) is 8.97. The number of para-hydroxylation sites is 1. The van der Waals surface area contributed by atoms with Crippen LogP contribution in [0.1, 0.15) is 13.8 Å². The summed E-state index contributed by atoms with van der Waals surface area (Å²) >= 11 is 0. The number of hydrogen-bond acceptors (Lipinski definition) is 4. The van der Waals surface area contributed by atoms with Crippen LogP contribution in [0.4, 0.5) is 11.4 Å². The van der Waals surface area contributed by atoms with Crippen molar-refractivity contribution in [2.24, 2.45) is 11.7 Å². The largest absolute Gasteiger partial charge is 0.484 e. The molecule has 0 radical (unpaired) electrons. The summed E-state index contributed by atoms with van der Waals surface area (Å²) in [6.07, 6.45) is 0. The average Bonchev–Trinajstić information content (AvgIpc) is 2.69.